The van der Waals surface area contributed by atoms with Gasteiger partial charge in [-0.2, -0.15) is 14.5 Å². The number of ether oxygens (including phenoxy) is 1. The van der Waals surface area contributed by atoms with Crippen molar-refractivity contribution in [1.82, 2.24) is 24.7 Å². The number of aromatic nitrogens is 4. The molecule has 3 heterocycles. The molecule has 0 amide bonds. The van der Waals surface area contributed by atoms with Gasteiger partial charge in [0.1, 0.15) is 11.0 Å². The first-order valence-electron chi connectivity index (χ1n) is 7.44. The SMILES string of the molecule is Cc1n[nH]c(C)c1S(=O)(=O)N1CCCC(Oc2cccnn2)C1. The van der Waals surface area contributed by atoms with Gasteiger partial charge in [0.2, 0.25) is 15.9 Å². The van der Waals surface area contributed by atoms with Gasteiger partial charge < -0.3 is 4.74 Å². The number of H-pyrrole nitrogens is 1. The summed E-state index contributed by atoms with van der Waals surface area (Å²) in [7, 11) is -3.58. The molecular weight excluding hydrogens is 318 g/mol. The number of nitrogens with zero attached hydrogens (tertiary/aromatic N) is 4. The maximum Gasteiger partial charge on any atom is 0.246 e. The predicted octanol–water partition coefficient (Wildman–Crippen LogP) is 1.05. The zero-order valence-electron chi connectivity index (χ0n) is 13.1. The molecule has 1 saturated heterocycles. The molecule has 9 heteroatoms. The number of sulfonamides is 1. The number of nitrogens with one attached hydrogen (secondary N) is 1. The van der Waals surface area contributed by atoms with Gasteiger partial charge in [-0.3, -0.25) is 5.10 Å². The Labute approximate surface area is 134 Å². The van der Waals surface area contributed by atoms with Crippen molar-refractivity contribution in [1.29, 1.82) is 0 Å². The van der Waals surface area contributed by atoms with Gasteiger partial charge in [0.05, 0.1) is 17.9 Å². The van der Waals surface area contributed by atoms with Gasteiger partial charge in [0, 0.05) is 18.8 Å². The van der Waals surface area contributed by atoms with E-state index in [1.165, 1.54) is 4.31 Å². The smallest absolute Gasteiger partial charge is 0.246 e. The van der Waals surface area contributed by atoms with Gasteiger partial charge in [-0.25, -0.2) is 8.42 Å². The summed E-state index contributed by atoms with van der Waals surface area (Å²) in [5.74, 6) is 0.410. The molecule has 124 valence electrons. The molecule has 0 radical (unpaired) electrons. The highest BCUT2D eigenvalue weighted by molar-refractivity contribution is 7.89. The maximum atomic E-state index is 12.9. The van der Waals surface area contributed by atoms with E-state index >= 15 is 0 Å². The van der Waals surface area contributed by atoms with E-state index in [0.717, 1.165) is 12.8 Å². The van der Waals surface area contributed by atoms with Crippen molar-refractivity contribution in [2.75, 3.05) is 13.1 Å². The van der Waals surface area contributed by atoms with Gasteiger partial charge in [-0.05, 0) is 32.8 Å². The van der Waals surface area contributed by atoms with Crippen LogP contribution in [-0.4, -0.2) is 52.3 Å². The summed E-state index contributed by atoms with van der Waals surface area (Å²) >= 11 is 0. The molecule has 1 N–H and O–H groups in total. The fourth-order valence-corrected chi connectivity index (χ4v) is 4.63. The molecule has 1 atom stereocenters. The molecule has 8 nitrogen and oxygen atoms in total. The van der Waals surface area contributed by atoms with Crippen LogP contribution in [-0.2, 0) is 10.0 Å². The van der Waals surface area contributed by atoms with Gasteiger partial charge in [-0.15, -0.1) is 5.10 Å². The van der Waals surface area contributed by atoms with E-state index in [2.05, 4.69) is 20.4 Å². The molecule has 2 aromatic rings. The van der Waals surface area contributed by atoms with Gasteiger partial charge >= 0.3 is 0 Å². The second kappa shape index (κ2) is 6.25. The zero-order chi connectivity index (χ0) is 16.4. The second-order valence-corrected chi connectivity index (χ2v) is 7.44. The largest absolute Gasteiger partial charge is 0.472 e. The summed E-state index contributed by atoms with van der Waals surface area (Å²) in [6.45, 7) is 4.17. The Morgan fingerprint density at radius 1 is 1.39 bits per heavy atom. The van der Waals surface area contributed by atoms with E-state index in [1.54, 1.807) is 32.2 Å². The van der Waals surface area contributed by atoms with E-state index < -0.39 is 10.0 Å². The Kier molecular flexibility index (Phi) is 4.31. The third-order valence-electron chi connectivity index (χ3n) is 3.83. The minimum atomic E-state index is -3.58. The van der Waals surface area contributed by atoms with Crippen LogP contribution in [0.3, 0.4) is 0 Å². The number of rotatable bonds is 4. The van der Waals surface area contributed by atoms with Crippen LogP contribution in [0.4, 0.5) is 0 Å². The fourth-order valence-electron chi connectivity index (χ4n) is 2.79. The normalized spacial score (nSPS) is 19.7. The summed E-state index contributed by atoms with van der Waals surface area (Å²) in [5, 5.41) is 14.4. The second-order valence-electron chi connectivity index (χ2n) is 5.57. The molecule has 1 aliphatic heterocycles. The molecule has 2 aromatic heterocycles. The average Bonchev–Trinajstić information content (AvgIpc) is 2.88. The minimum Gasteiger partial charge on any atom is -0.472 e. The lowest BCUT2D eigenvalue weighted by Crippen LogP contribution is -2.44. The fraction of sp³-hybridized carbons (Fsp3) is 0.500. The van der Waals surface area contributed by atoms with E-state index in [1.807, 2.05) is 0 Å². The molecule has 0 saturated carbocycles. The third kappa shape index (κ3) is 3.20. The molecule has 0 spiro atoms. The van der Waals surface area contributed by atoms with Crippen LogP contribution < -0.4 is 4.74 Å². The Hall–Kier alpha value is -2.00. The predicted molar refractivity (Wildman–Crippen MR) is 82.5 cm³/mol. The van der Waals surface area contributed by atoms with Crippen LogP contribution in [0.15, 0.2) is 23.2 Å². The molecular formula is C14H19N5O3S. The highest BCUT2D eigenvalue weighted by Gasteiger charge is 2.34. The highest BCUT2D eigenvalue weighted by atomic mass is 32.2. The lowest BCUT2D eigenvalue weighted by Gasteiger charge is -2.31. The number of piperidine rings is 1. The van der Waals surface area contributed by atoms with Crippen molar-refractivity contribution in [3.63, 3.8) is 0 Å². The number of aromatic amines is 1. The summed E-state index contributed by atoms with van der Waals surface area (Å²) in [5.41, 5.74) is 1.04. The van der Waals surface area contributed by atoms with E-state index in [-0.39, 0.29) is 11.0 Å². The van der Waals surface area contributed by atoms with Gasteiger partial charge in [0.25, 0.3) is 0 Å². The van der Waals surface area contributed by atoms with Crippen LogP contribution in [0.2, 0.25) is 0 Å². The molecule has 1 aliphatic rings. The Bertz CT molecular complexity index is 755. The summed E-state index contributed by atoms with van der Waals surface area (Å²) < 4.78 is 33.0. The van der Waals surface area contributed by atoms with E-state index in [0.29, 0.717) is 30.4 Å². The van der Waals surface area contributed by atoms with Crippen molar-refractivity contribution < 1.29 is 13.2 Å². The minimum absolute atomic E-state index is 0.234. The molecule has 1 unspecified atom stereocenters. The van der Waals surface area contributed by atoms with Crippen molar-refractivity contribution in [3.05, 3.63) is 29.7 Å². The lowest BCUT2D eigenvalue weighted by atomic mass is 10.1. The van der Waals surface area contributed by atoms with Crippen molar-refractivity contribution in [2.45, 2.75) is 37.7 Å². The zero-order valence-corrected chi connectivity index (χ0v) is 13.9. The number of hydrogen-bond donors (Lipinski definition) is 1. The third-order valence-corrected chi connectivity index (χ3v) is 5.96. The first kappa shape index (κ1) is 15.9. The van der Waals surface area contributed by atoms with E-state index in [4.69, 9.17) is 4.74 Å². The Morgan fingerprint density at radius 3 is 2.87 bits per heavy atom. The summed E-state index contributed by atoms with van der Waals surface area (Å²) in [6, 6.07) is 3.45. The average molecular weight is 337 g/mol. The number of aryl methyl sites for hydroxylation is 2. The quantitative estimate of drug-likeness (QED) is 0.895. The topological polar surface area (TPSA) is 101 Å². The Morgan fingerprint density at radius 2 is 2.22 bits per heavy atom. The van der Waals surface area contributed by atoms with Crippen LogP contribution in [0.1, 0.15) is 24.2 Å². The standard InChI is InChI=1S/C14H19N5O3S/c1-10-14(11(2)17-16-10)23(20,21)19-8-4-5-12(9-19)22-13-6-3-7-15-18-13/h3,6-7,12H,4-5,8-9H2,1-2H3,(H,16,17). The van der Waals surface area contributed by atoms with Crippen LogP contribution in [0.25, 0.3) is 0 Å². The highest BCUT2D eigenvalue weighted by Crippen LogP contribution is 2.25. The monoisotopic (exact) mass is 337 g/mol. The van der Waals surface area contributed by atoms with Gasteiger partial charge in [-0.1, -0.05) is 0 Å². The van der Waals surface area contributed by atoms with Crippen molar-refractivity contribution >= 4 is 10.0 Å². The van der Waals surface area contributed by atoms with E-state index in [9.17, 15) is 8.42 Å². The van der Waals surface area contributed by atoms with Crippen LogP contribution in [0, 0.1) is 13.8 Å². The summed E-state index contributed by atoms with van der Waals surface area (Å²) in [4.78, 5) is 0.262. The van der Waals surface area contributed by atoms with Crippen LogP contribution in [0.5, 0.6) is 5.88 Å². The number of hydrogen-bond acceptors (Lipinski definition) is 6. The molecule has 3 rings (SSSR count). The lowest BCUT2D eigenvalue weighted by molar-refractivity contribution is 0.123. The van der Waals surface area contributed by atoms with Gasteiger partial charge in [0.15, 0.2) is 0 Å². The molecule has 23 heavy (non-hydrogen) atoms. The first-order chi connectivity index (χ1) is 11.0. The molecule has 1 fully saturated rings. The Balaban J connectivity index is 1.78. The van der Waals surface area contributed by atoms with Crippen LogP contribution >= 0.6 is 0 Å². The van der Waals surface area contributed by atoms with Crippen molar-refractivity contribution in [2.24, 2.45) is 0 Å². The first-order valence-corrected chi connectivity index (χ1v) is 8.88. The molecule has 0 aromatic carbocycles. The van der Waals surface area contributed by atoms with Crippen molar-refractivity contribution in [3.8, 4) is 5.88 Å². The molecule has 0 aliphatic carbocycles. The summed E-state index contributed by atoms with van der Waals surface area (Å²) in [6.07, 6.45) is 2.85. The maximum absolute atomic E-state index is 12.9. The molecule has 0 bridgehead atoms.